The summed E-state index contributed by atoms with van der Waals surface area (Å²) in [7, 11) is -3.44. The lowest BCUT2D eigenvalue weighted by molar-refractivity contribution is 0.584. The Morgan fingerprint density at radius 1 is 0.958 bits per heavy atom. The van der Waals surface area contributed by atoms with Gasteiger partial charge in [0.05, 0.1) is 4.90 Å². The van der Waals surface area contributed by atoms with Crippen molar-refractivity contribution in [3.63, 3.8) is 0 Å². The van der Waals surface area contributed by atoms with Gasteiger partial charge in [0.1, 0.15) is 0 Å². The minimum absolute atomic E-state index is 0.225. The second-order valence-corrected chi connectivity index (χ2v) is 7.58. The molecule has 0 spiro atoms. The van der Waals surface area contributed by atoms with Gasteiger partial charge in [0.25, 0.3) is 0 Å². The van der Waals surface area contributed by atoms with Gasteiger partial charge in [-0.15, -0.1) is 0 Å². The average Bonchev–Trinajstić information content (AvgIpc) is 2.51. The summed E-state index contributed by atoms with van der Waals surface area (Å²) in [5.74, 6) is 0. The summed E-state index contributed by atoms with van der Waals surface area (Å²) in [5, 5.41) is 6.60. The molecule has 3 N–H and O–H groups in total. The Balaban J connectivity index is 2.03. The van der Waals surface area contributed by atoms with Crippen molar-refractivity contribution < 1.29 is 8.42 Å². The highest BCUT2D eigenvalue weighted by Gasteiger charge is 2.12. The second-order valence-electron chi connectivity index (χ2n) is 5.40. The number of anilines is 2. The van der Waals surface area contributed by atoms with Crippen molar-refractivity contribution in [3.8, 4) is 0 Å². The molecule has 7 heteroatoms. The topological polar surface area (TPSA) is 70.2 Å². The predicted molar refractivity (Wildman–Crippen MR) is 103 cm³/mol. The van der Waals surface area contributed by atoms with Crippen LogP contribution in [0.5, 0.6) is 0 Å². The van der Waals surface area contributed by atoms with E-state index in [1.54, 1.807) is 31.2 Å². The number of sulfonamides is 1. The van der Waals surface area contributed by atoms with Crippen molar-refractivity contribution >= 4 is 38.7 Å². The van der Waals surface area contributed by atoms with Gasteiger partial charge < -0.3 is 10.6 Å². The van der Waals surface area contributed by atoms with Gasteiger partial charge in [0.2, 0.25) is 10.0 Å². The molecule has 0 aliphatic heterocycles. The smallest absolute Gasteiger partial charge is 0.240 e. The van der Waals surface area contributed by atoms with Crippen LogP contribution in [0.4, 0.5) is 11.4 Å². The van der Waals surface area contributed by atoms with Crippen LogP contribution in [0, 0.1) is 13.8 Å². The van der Waals surface area contributed by atoms with E-state index in [1.165, 1.54) is 11.1 Å². The van der Waals surface area contributed by atoms with Crippen LogP contribution in [0.2, 0.25) is 0 Å². The third-order valence-electron chi connectivity index (χ3n) is 3.52. The zero-order chi connectivity index (χ0) is 17.7. The zero-order valence-corrected chi connectivity index (χ0v) is 15.5. The fourth-order valence-corrected chi connectivity index (χ4v) is 3.38. The number of rotatable bonds is 5. The van der Waals surface area contributed by atoms with Crippen molar-refractivity contribution in [2.75, 3.05) is 17.2 Å². The van der Waals surface area contributed by atoms with Gasteiger partial charge in [-0.1, -0.05) is 13.0 Å². The Labute approximate surface area is 148 Å². The van der Waals surface area contributed by atoms with Gasteiger partial charge in [-0.05, 0) is 73.6 Å². The van der Waals surface area contributed by atoms with Crippen LogP contribution in [0.25, 0.3) is 0 Å². The Hall–Kier alpha value is -1.96. The molecular formula is C17H21N3O2S2. The van der Waals surface area contributed by atoms with Gasteiger partial charge in [0, 0.05) is 17.9 Å². The van der Waals surface area contributed by atoms with Gasteiger partial charge in [-0.25, -0.2) is 13.1 Å². The third kappa shape index (κ3) is 4.77. The van der Waals surface area contributed by atoms with Crippen LogP contribution in [0.15, 0.2) is 47.4 Å². The summed E-state index contributed by atoms with van der Waals surface area (Å²) in [4.78, 5) is 0.225. The molecule has 0 atom stereocenters. The zero-order valence-electron chi connectivity index (χ0n) is 13.9. The largest absolute Gasteiger partial charge is 0.332 e. The summed E-state index contributed by atoms with van der Waals surface area (Å²) >= 11 is 5.29. The van der Waals surface area contributed by atoms with Crippen LogP contribution >= 0.6 is 12.2 Å². The summed E-state index contributed by atoms with van der Waals surface area (Å²) in [6.07, 6.45) is 0. The summed E-state index contributed by atoms with van der Waals surface area (Å²) in [5.41, 5.74) is 4.02. The van der Waals surface area contributed by atoms with Crippen molar-refractivity contribution in [1.29, 1.82) is 0 Å². The van der Waals surface area contributed by atoms with Crippen LogP contribution in [-0.4, -0.2) is 20.1 Å². The normalized spacial score (nSPS) is 11.1. The van der Waals surface area contributed by atoms with E-state index in [4.69, 9.17) is 12.2 Å². The van der Waals surface area contributed by atoms with Crippen molar-refractivity contribution in [2.24, 2.45) is 0 Å². The Morgan fingerprint density at radius 2 is 1.54 bits per heavy atom. The van der Waals surface area contributed by atoms with Gasteiger partial charge in [-0.2, -0.15) is 0 Å². The second kappa shape index (κ2) is 7.74. The third-order valence-corrected chi connectivity index (χ3v) is 5.29. The molecule has 0 amide bonds. The van der Waals surface area contributed by atoms with Gasteiger partial charge >= 0.3 is 0 Å². The molecule has 0 aliphatic rings. The number of nitrogens with one attached hydrogen (secondary N) is 3. The molecule has 0 aliphatic carbocycles. The van der Waals surface area contributed by atoms with E-state index in [2.05, 4.69) is 22.3 Å². The molecular weight excluding hydrogens is 342 g/mol. The quantitative estimate of drug-likeness (QED) is 0.710. The molecule has 128 valence electrons. The maximum absolute atomic E-state index is 11.9. The highest BCUT2D eigenvalue weighted by atomic mass is 32.2. The van der Waals surface area contributed by atoms with E-state index in [-0.39, 0.29) is 4.90 Å². The molecule has 24 heavy (non-hydrogen) atoms. The molecule has 0 bridgehead atoms. The van der Waals surface area contributed by atoms with Crippen LogP contribution in [0.3, 0.4) is 0 Å². The summed E-state index contributed by atoms with van der Waals surface area (Å²) in [6, 6.07) is 12.5. The number of hydrogen-bond donors (Lipinski definition) is 3. The Morgan fingerprint density at radius 3 is 2.12 bits per heavy atom. The molecule has 5 nitrogen and oxygen atoms in total. The first kappa shape index (κ1) is 18.4. The monoisotopic (exact) mass is 363 g/mol. The highest BCUT2D eigenvalue weighted by molar-refractivity contribution is 7.89. The van der Waals surface area contributed by atoms with E-state index < -0.39 is 10.0 Å². The SMILES string of the molecule is CCNS(=O)(=O)c1ccc(NC(=S)Nc2ccc(C)c(C)c2)cc1. The van der Waals surface area contributed by atoms with E-state index in [0.29, 0.717) is 17.3 Å². The number of thiocarbonyl (C=S) groups is 1. The molecule has 0 unspecified atom stereocenters. The minimum Gasteiger partial charge on any atom is -0.332 e. The van der Waals surface area contributed by atoms with Crippen molar-refractivity contribution in [3.05, 3.63) is 53.6 Å². The molecule has 0 saturated heterocycles. The highest BCUT2D eigenvalue weighted by Crippen LogP contribution is 2.16. The van der Waals surface area contributed by atoms with E-state index in [9.17, 15) is 8.42 Å². The fraction of sp³-hybridized carbons (Fsp3) is 0.235. The molecule has 0 fully saturated rings. The summed E-state index contributed by atoms with van der Waals surface area (Å²) < 4.78 is 26.2. The first-order valence-corrected chi connectivity index (χ1v) is 9.46. The van der Waals surface area contributed by atoms with E-state index in [0.717, 1.165) is 5.69 Å². The van der Waals surface area contributed by atoms with Crippen molar-refractivity contribution in [2.45, 2.75) is 25.7 Å². The molecule has 0 heterocycles. The lowest BCUT2D eigenvalue weighted by Crippen LogP contribution is -2.23. The van der Waals surface area contributed by atoms with Gasteiger partial charge in [-0.3, -0.25) is 0 Å². The number of benzene rings is 2. The van der Waals surface area contributed by atoms with E-state index in [1.807, 2.05) is 25.1 Å². The molecule has 0 saturated carbocycles. The maximum Gasteiger partial charge on any atom is 0.240 e. The number of hydrogen-bond acceptors (Lipinski definition) is 3. The first-order chi connectivity index (χ1) is 11.3. The number of aryl methyl sites for hydroxylation is 2. The fourth-order valence-electron chi connectivity index (χ4n) is 2.10. The van der Waals surface area contributed by atoms with Crippen molar-refractivity contribution in [1.82, 2.24) is 4.72 Å². The van der Waals surface area contributed by atoms with Gasteiger partial charge in [0.15, 0.2) is 5.11 Å². The molecule has 2 aromatic rings. The molecule has 0 radical (unpaired) electrons. The Bertz CT molecular complexity index is 831. The van der Waals surface area contributed by atoms with E-state index >= 15 is 0 Å². The Kier molecular flexibility index (Phi) is 5.93. The average molecular weight is 364 g/mol. The predicted octanol–water partition coefficient (Wildman–Crippen LogP) is 3.41. The maximum atomic E-state index is 11.9. The lowest BCUT2D eigenvalue weighted by Gasteiger charge is -2.12. The minimum atomic E-state index is -3.44. The molecule has 0 aromatic heterocycles. The first-order valence-electron chi connectivity index (χ1n) is 7.57. The standard InChI is InChI=1S/C17H21N3O2S2/c1-4-18-24(21,22)16-9-7-14(8-10-16)19-17(23)20-15-6-5-12(2)13(3)11-15/h5-11,18H,4H2,1-3H3,(H2,19,20,23). The molecule has 2 aromatic carbocycles. The van der Waals surface area contributed by atoms with Crippen LogP contribution in [-0.2, 0) is 10.0 Å². The molecule has 2 rings (SSSR count). The summed E-state index contributed by atoms with van der Waals surface area (Å²) in [6.45, 7) is 6.19. The lowest BCUT2D eigenvalue weighted by atomic mass is 10.1. The van der Waals surface area contributed by atoms with Crippen LogP contribution in [0.1, 0.15) is 18.1 Å². The van der Waals surface area contributed by atoms with Crippen LogP contribution < -0.4 is 15.4 Å².